The molecule has 0 saturated carbocycles. The quantitative estimate of drug-likeness (QED) is 0.764. The van der Waals surface area contributed by atoms with Crippen molar-refractivity contribution in [3.8, 4) is 0 Å². The summed E-state index contributed by atoms with van der Waals surface area (Å²) in [7, 11) is 1.97. The van der Waals surface area contributed by atoms with Gasteiger partial charge in [0.05, 0.1) is 6.04 Å². The third-order valence-corrected chi connectivity index (χ3v) is 3.55. The fraction of sp³-hybridized carbons (Fsp3) is 0.235. The van der Waals surface area contributed by atoms with Crippen LogP contribution in [0, 0.1) is 0 Å². The number of pyridine rings is 1. The van der Waals surface area contributed by atoms with Crippen molar-refractivity contribution in [2.45, 2.75) is 18.9 Å². The van der Waals surface area contributed by atoms with Crippen LogP contribution in [0.3, 0.4) is 0 Å². The van der Waals surface area contributed by atoms with Crippen LogP contribution in [0.5, 0.6) is 0 Å². The molecule has 102 valence electrons. The number of aryl methyl sites for hydroxylation is 1. The van der Waals surface area contributed by atoms with Crippen molar-refractivity contribution >= 4 is 11.0 Å². The van der Waals surface area contributed by atoms with Crippen LogP contribution in [0.1, 0.15) is 23.9 Å². The lowest BCUT2D eigenvalue weighted by Gasteiger charge is -2.12. The molecular weight excluding hydrogens is 248 g/mol. The minimum absolute atomic E-state index is 0.212. The first-order chi connectivity index (χ1) is 9.86. The molecule has 0 fully saturated rings. The Kier molecular flexibility index (Phi) is 3.79. The first-order valence-corrected chi connectivity index (χ1v) is 6.92. The molecule has 3 nitrogen and oxygen atoms in total. The summed E-state index contributed by atoms with van der Waals surface area (Å²) in [6, 6.07) is 16.5. The van der Waals surface area contributed by atoms with Gasteiger partial charge in [-0.3, -0.25) is 4.98 Å². The number of benzene rings is 1. The lowest BCUT2D eigenvalue weighted by Crippen LogP contribution is -2.16. The zero-order valence-corrected chi connectivity index (χ0v) is 11.5. The van der Waals surface area contributed by atoms with E-state index in [0.29, 0.717) is 0 Å². The summed E-state index contributed by atoms with van der Waals surface area (Å²) in [6.07, 6.45) is 3.74. The maximum absolute atomic E-state index is 5.93. The van der Waals surface area contributed by atoms with Crippen LogP contribution in [-0.4, -0.2) is 12.0 Å². The van der Waals surface area contributed by atoms with Gasteiger partial charge >= 0.3 is 0 Å². The molecule has 3 rings (SSSR count). The van der Waals surface area contributed by atoms with Gasteiger partial charge in [0.25, 0.3) is 0 Å². The Morgan fingerprint density at radius 2 is 2.00 bits per heavy atom. The highest BCUT2D eigenvalue weighted by molar-refractivity contribution is 5.77. The number of aromatic nitrogens is 1. The Bertz CT molecular complexity index is 643. The Labute approximate surface area is 118 Å². The highest BCUT2D eigenvalue weighted by Crippen LogP contribution is 2.26. The fourth-order valence-corrected chi connectivity index (χ4v) is 2.44. The number of nitrogens with one attached hydrogen (secondary N) is 1. The summed E-state index contributed by atoms with van der Waals surface area (Å²) in [4.78, 5) is 4.36. The molecular formula is C17H18N2O. The van der Waals surface area contributed by atoms with Gasteiger partial charge in [-0.1, -0.05) is 24.3 Å². The maximum Gasteiger partial charge on any atom is 0.134 e. The minimum atomic E-state index is 0.212. The molecule has 0 aliphatic carbocycles. The van der Waals surface area contributed by atoms with Crippen LogP contribution in [0.15, 0.2) is 59.1 Å². The van der Waals surface area contributed by atoms with Crippen molar-refractivity contribution in [3.05, 3.63) is 66.2 Å². The van der Waals surface area contributed by atoms with Crippen LogP contribution in [-0.2, 0) is 6.42 Å². The van der Waals surface area contributed by atoms with E-state index in [1.165, 1.54) is 0 Å². The average Bonchev–Trinajstić information content (AvgIpc) is 2.92. The highest BCUT2D eigenvalue weighted by Gasteiger charge is 2.14. The average molecular weight is 266 g/mol. The summed E-state index contributed by atoms with van der Waals surface area (Å²) >= 11 is 0. The van der Waals surface area contributed by atoms with Crippen LogP contribution in [0.2, 0.25) is 0 Å². The van der Waals surface area contributed by atoms with Crippen molar-refractivity contribution in [2.75, 3.05) is 7.05 Å². The predicted molar refractivity (Wildman–Crippen MR) is 80.6 cm³/mol. The number of rotatable bonds is 5. The minimum Gasteiger partial charge on any atom is -0.459 e. The van der Waals surface area contributed by atoms with E-state index >= 15 is 0 Å². The predicted octanol–water partition coefficient (Wildman–Crippen LogP) is 3.72. The molecule has 1 aromatic carbocycles. The number of furan rings is 1. The summed E-state index contributed by atoms with van der Waals surface area (Å²) in [5, 5.41) is 4.48. The van der Waals surface area contributed by atoms with Gasteiger partial charge in [0.15, 0.2) is 0 Å². The van der Waals surface area contributed by atoms with Gasteiger partial charge in [0.1, 0.15) is 11.3 Å². The number of nitrogens with zero attached hydrogens (tertiary/aromatic N) is 1. The molecule has 0 radical (unpaired) electrons. The van der Waals surface area contributed by atoms with Crippen LogP contribution < -0.4 is 5.32 Å². The molecule has 0 saturated heterocycles. The van der Waals surface area contributed by atoms with Crippen molar-refractivity contribution in [2.24, 2.45) is 0 Å². The zero-order valence-electron chi connectivity index (χ0n) is 11.5. The van der Waals surface area contributed by atoms with E-state index in [-0.39, 0.29) is 6.04 Å². The van der Waals surface area contributed by atoms with Gasteiger partial charge in [0.2, 0.25) is 0 Å². The standard InChI is InChI=1S/C17H18N2O/c1-18-15(10-9-14-7-4-5-11-19-14)17-12-13-6-2-3-8-16(13)20-17/h2-8,11-12,15,18H,9-10H2,1H3. The molecule has 0 aliphatic rings. The topological polar surface area (TPSA) is 38.1 Å². The van der Waals surface area contributed by atoms with E-state index in [1.807, 2.05) is 43.6 Å². The lowest BCUT2D eigenvalue weighted by molar-refractivity contribution is 0.432. The second-order valence-electron chi connectivity index (χ2n) is 4.89. The third-order valence-electron chi connectivity index (χ3n) is 3.55. The summed E-state index contributed by atoms with van der Waals surface area (Å²) in [5.74, 6) is 0.990. The molecule has 2 heterocycles. The van der Waals surface area contributed by atoms with Gasteiger partial charge < -0.3 is 9.73 Å². The molecule has 0 amide bonds. The molecule has 3 aromatic rings. The number of fused-ring (bicyclic) bond motifs is 1. The summed E-state index contributed by atoms with van der Waals surface area (Å²) in [5.41, 5.74) is 2.06. The monoisotopic (exact) mass is 266 g/mol. The van der Waals surface area contributed by atoms with E-state index in [2.05, 4.69) is 28.5 Å². The molecule has 0 spiro atoms. The molecule has 3 heteroatoms. The maximum atomic E-state index is 5.93. The van der Waals surface area contributed by atoms with Crippen molar-refractivity contribution < 1.29 is 4.42 Å². The normalized spacial score (nSPS) is 12.7. The van der Waals surface area contributed by atoms with Gasteiger partial charge in [0, 0.05) is 17.3 Å². The smallest absolute Gasteiger partial charge is 0.134 e. The van der Waals surface area contributed by atoms with E-state index in [9.17, 15) is 0 Å². The number of hydrogen-bond acceptors (Lipinski definition) is 3. The Morgan fingerprint density at radius 3 is 2.75 bits per heavy atom. The van der Waals surface area contributed by atoms with Gasteiger partial charge in [-0.05, 0) is 44.2 Å². The molecule has 2 aromatic heterocycles. The van der Waals surface area contributed by atoms with Crippen LogP contribution >= 0.6 is 0 Å². The zero-order chi connectivity index (χ0) is 13.8. The lowest BCUT2D eigenvalue weighted by atomic mass is 10.1. The van der Waals surface area contributed by atoms with Crippen molar-refractivity contribution in [3.63, 3.8) is 0 Å². The first kappa shape index (κ1) is 12.9. The summed E-state index contributed by atoms with van der Waals surface area (Å²) in [6.45, 7) is 0. The van der Waals surface area contributed by atoms with Gasteiger partial charge in [-0.2, -0.15) is 0 Å². The van der Waals surface area contributed by atoms with E-state index in [4.69, 9.17) is 4.42 Å². The van der Waals surface area contributed by atoms with Crippen LogP contribution in [0.25, 0.3) is 11.0 Å². The van der Waals surface area contributed by atoms with E-state index < -0.39 is 0 Å². The van der Waals surface area contributed by atoms with Gasteiger partial charge in [-0.15, -0.1) is 0 Å². The van der Waals surface area contributed by atoms with Crippen molar-refractivity contribution in [1.29, 1.82) is 0 Å². The Morgan fingerprint density at radius 1 is 1.15 bits per heavy atom. The second kappa shape index (κ2) is 5.88. The Hall–Kier alpha value is -2.13. The second-order valence-corrected chi connectivity index (χ2v) is 4.89. The molecule has 1 atom stereocenters. The molecule has 0 aliphatic heterocycles. The highest BCUT2D eigenvalue weighted by atomic mass is 16.3. The van der Waals surface area contributed by atoms with Gasteiger partial charge in [-0.25, -0.2) is 0 Å². The molecule has 20 heavy (non-hydrogen) atoms. The van der Waals surface area contributed by atoms with Crippen LogP contribution in [0.4, 0.5) is 0 Å². The SMILES string of the molecule is CNC(CCc1ccccn1)c1cc2ccccc2o1. The first-order valence-electron chi connectivity index (χ1n) is 6.92. The summed E-state index contributed by atoms with van der Waals surface area (Å²) < 4.78 is 5.93. The Balaban J connectivity index is 1.75. The molecule has 0 bridgehead atoms. The largest absolute Gasteiger partial charge is 0.459 e. The molecule has 1 N–H and O–H groups in total. The number of para-hydroxylation sites is 1. The van der Waals surface area contributed by atoms with E-state index in [0.717, 1.165) is 35.3 Å². The molecule has 1 unspecified atom stereocenters. The van der Waals surface area contributed by atoms with Crippen molar-refractivity contribution in [1.82, 2.24) is 10.3 Å². The number of hydrogen-bond donors (Lipinski definition) is 1. The fourth-order valence-electron chi connectivity index (χ4n) is 2.44. The van der Waals surface area contributed by atoms with E-state index in [1.54, 1.807) is 0 Å². The third kappa shape index (κ3) is 2.73.